The van der Waals surface area contributed by atoms with Crippen molar-refractivity contribution in [3.8, 4) is 0 Å². The van der Waals surface area contributed by atoms with Gasteiger partial charge in [-0.3, -0.25) is 0 Å². The number of hydrogen-bond donors (Lipinski definition) is 1. The Bertz CT molecular complexity index is 463. The minimum Gasteiger partial charge on any atom is -0.465 e. The molecule has 1 aromatic heterocycles. The van der Waals surface area contributed by atoms with Crippen molar-refractivity contribution in [1.82, 2.24) is 9.29 Å². The van der Waals surface area contributed by atoms with Gasteiger partial charge < -0.3 is 9.30 Å². The van der Waals surface area contributed by atoms with Gasteiger partial charge in [0.1, 0.15) is 0 Å². The molecule has 6 heteroatoms. The van der Waals surface area contributed by atoms with Gasteiger partial charge in [0.15, 0.2) is 6.04 Å². The highest BCUT2D eigenvalue weighted by Gasteiger charge is 2.30. The number of carbonyl (C=O) groups excluding carboxylic acids is 1. The third kappa shape index (κ3) is 4.18. The summed E-state index contributed by atoms with van der Waals surface area (Å²) in [6, 6.07) is 2.93. The zero-order valence-corrected chi connectivity index (χ0v) is 12.9. The summed E-state index contributed by atoms with van der Waals surface area (Å²) in [4.78, 5) is 12.0. The molecule has 1 aromatic rings. The lowest BCUT2D eigenvalue weighted by Crippen LogP contribution is -2.40. The Labute approximate surface area is 116 Å². The lowest BCUT2D eigenvalue weighted by molar-refractivity contribution is -0.145. The monoisotopic (exact) mass is 286 g/mol. The quantitative estimate of drug-likeness (QED) is 0.838. The second-order valence-electron chi connectivity index (χ2n) is 5.23. The minimum absolute atomic E-state index is 0.295. The molecule has 19 heavy (non-hydrogen) atoms. The zero-order chi connectivity index (χ0) is 14.6. The summed E-state index contributed by atoms with van der Waals surface area (Å²) in [6.07, 6.45) is 1.84. The van der Waals surface area contributed by atoms with E-state index in [0.29, 0.717) is 6.61 Å². The van der Waals surface area contributed by atoms with Gasteiger partial charge in [-0.2, -0.15) is 0 Å². The molecule has 0 amide bonds. The Kier molecular flexibility index (Phi) is 5.31. The van der Waals surface area contributed by atoms with E-state index < -0.39 is 27.7 Å². The molecular formula is C13H22N2O3S. The van der Waals surface area contributed by atoms with Crippen LogP contribution in [-0.2, 0) is 27.6 Å². The molecule has 0 radical (unpaired) electrons. The molecule has 0 aliphatic carbocycles. The largest absolute Gasteiger partial charge is 0.465 e. The van der Waals surface area contributed by atoms with Crippen molar-refractivity contribution in [1.29, 1.82) is 0 Å². The van der Waals surface area contributed by atoms with Crippen molar-refractivity contribution in [2.75, 3.05) is 6.61 Å². The fourth-order valence-electron chi connectivity index (χ4n) is 1.51. The van der Waals surface area contributed by atoms with Gasteiger partial charge in [-0.1, -0.05) is 0 Å². The first-order valence-corrected chi connectivity index (χ1v) is 7.38. The first kappa shape index (κ1) is 15.9. The summed E-state index contributed by atoms with van der Waals surface area (Å²) in [5.74, 6) is -0.415. The standard InChI is InChI=1S/C13H22N2O3S/c1-6-18-12(16)11(10-8-7-9-15(10)5)14-19(17)13(2,3)4/h7-9,11,14H,6H2,1-5H3. The van der Waals surface area contributed by atoms with Gasteiger partial charge in [-0.05, 0) is 39.8 Å². The second-order valence-corrected chi connectivity index (χ2v) is 7.23. The summed E-state index contributed by atoms with van der Waals surface area (Å²) in [7, 11) is 0.488. The zero-order valence-electron chi connectivity index (χ0n) is 12.1. The fourth-order valence-corrected chi connectivity index (χ4v) is 2.30. The third-order valence-electron chi connectivity index (χ3n) is 2.58. The van der Waals surface area contributed by atoms with Gasteiger partial charge in [0.25, 0.3) is 0 Å². The molecule has 1 heterocycles. The molecular weight excluding hydrogens is 264 g/mol. The van der Waals surface area contributed by atoms with E-state index in [9.17, 15) is 9.00 Å². The molecule has 0 saturated heterocycles. The van der Waals surface area contributed by atoms with Gasteiger partial charge >= 0.3 is 5.97 Å². The van der Waals surface area contributed by atoms with Gasteiger partial charge in [-0.25, -0.2) is 13.7 Å². The highest BCUT2D eigenvalue weighted by Crippen LogP contribution is 2.19. The van der Waals surface area contributed by atoms with Crippen LogP contribution in [0.1, 0.15) is 39.4 Å². The summed E-state index contributed by atoms with van der Waals surface area (Å²) in [5, 5.41) is 0. The van der Waals surface area contributed by atoms with Crippen LogP contribution in [0.3, 0.4) is 0 Å². The molecule has 2 unspecified atom stereocenters. The van der Waals surface area contributed by atoms with E-state index in [1.165, 1.54) is 0 Å². The normalized spacial score (nSPS) is 15.0. The number of ether oxygens (including phenoxy) is 1. The molecule has 0 aliphatic heterocycles. The van der Waals surface area contributed by atoms with Crippen molar-refractivity contribution in [3.63, 3.8) is 0 Å². The van der Waals surface area contributed by atoms with Crippen LogP contribution in [-0.4, -0.2) is 26.1 Å². The number of rotatable bonds is 5. The maximum absolute atomic E-state index is 12.2. The highest BCUT2D eigenvalue weighted by molar-refractivity contribution is 7.84. The predicted octanol–water partition coefficient (Wildman–Crippen LogP) is 1.68. The van der Waals surface area contributed by atoms with Crippen molar-refractivity contribution in [2.24, 2.45) is 7.05 Å². The number of nitrogens with zero attached hydrogens (tertiary/aromatic N) is 1. The second kappa shape index (κ2) is 6.34. The molecule has 0 spiro atoms. The van der Waals surface area contributed by atoms with Crippen molar-refractivity contribution in [2.45, 2.75) is 38.5 Å². The van der Waals surface area contributed by atoms with Crippen LogP contribution in [0.25, 0.3) is 0 Å². The van der Waals surface area contributed by atoms with Crippen molar-refractivity contribution >= 4 is 17.0 Å². The summed E-state index contributed by atoms with van der Waals surface area (Å²) < 4.78 is 21.4. The summed E-state index contributed by atoms with van der Waals surface area (Å²) in [6.45, 7) is 7.60. The van der Waals surface area contributed by atoms with Crippen LogP contribution in [0.4, 0.5) is 0 Å². The Morgan fingerprint density at radius 2 is 2.16 bits per heavy atom. The van der Waals surface area contributed by atoms with E-state index in [2.05, 4.69) is 4.72 Å². The third-order valence-corrected chi connectivity index (χ3v) is 4.15. The van der Waals surface area contributed by atoms with Gasteiger partial charge in [0.05, 0.1) is 22.3 Å². The molecule has 0 aromatic carbocycles. The topological polar surface area (TPSA) is 60.3 Å². The average molecular weight is 286 g/mol. The number of aryl methyl sites for hydroxylation is 1. The highest BCUT2D eigenvalue weighted by atomic mass is 32.2. The van der Waals surface area contributed by atoms with Crippen LogP contribution in [0.15, 0.2) is 18.3 Å². The Morgan fingerprint density at radius 3 is 2.58 bits per heavy atom. The van der Waals surface area contributed by atoms with Gasteiger partial charge in [0, 0.05) is 18.9 Å². The van der Waals surface area contributed by atoms with Crippen molar-refractivity contribution < 1.29 is 13.7 Å². The molecule has 0 fully saturated rings. The number of esters is 1. The number of nitrogens with one attached hydrogen (secondary N) is 1. The minimum atomic E-state index is -1.35. The fraction of sp³-hybridized carbons (Fsp3) is 0.615. The van der Waals surface area contributed by atoms with Crippen LogP contribution in [0.5, 0.6) is 0 Å². The first-order chi connectivity index (χ1) is 8.77. The molecule has 0 aliphatic rings. The van der Waals surface area contributed by atoms with Gasteiger partial charge in [0.2, 0.25) is 0 Å². The molecule has 0 saturated carbocycles. The SMILES string of the molecule is CCOC(=O)C(NS(=O)C(C)(C)C)c1cccn1C. The lowest BCUT2D eigenvalue weighted by atomic mass is 10.2. The molecule has 0 bridgehead atoms. The average Bonchev–Trinajstić information content (AvgIpc) is 2.70. The van der Waals surface area contributed by atoms with Crippen LogP contribution >= 0.6 is 0 Å². The number of hydrogen-bond acceptors (Lipinski definition) is 3. The first-order valence-electron chi connectivity index (χ1n) is 6.23. The van der Waals surface area contributed by atoms with E-state index in [0.717, 1.165) is 5.69 Å². The summed E-state index contributed by atoms with van der Waals surface area (Å²) >= 11 is 0. The molecule has 5 nitrogen and oxygen atoms in total. The Hall–Kier alpha value is -1.14. The van der Waals surface area contributed by atoms with E-state index in [-0.39, 0.29) is 0 Å². The smallest absolute Gasteiger partial charge is 0.330 e. The van der Waals surface area contributed by atoms with E-state index >= 15 is 0 Å². The number of carbonyl (C=O) groups is 1. The maximum atomic E-state index is 12.2. The molecule has 1 N–H and O–H groups in total. The van der Waals surface area contributed by atoms with E-state index in [1.807, 2.05) is 50.7 Å². The lowest BCUT2D eigenvalue weighted by Gasteiger charge is -2.23. The van der Waals surface area contributed by atoms with Crippen LogP contribution in [0, 0.1) is 0 Å². The van der Waals surface area contributed by atoms with E-state index in [1.54, 1.807) is 6.92 Å². The van der Waals surface area contributed by atoms with Crippen LogP contribution in [0.2, 0.25) is 0 Å². The molecule has 2 atom stereocenters. The van der Waals surface area contributed by atoms with E-state index in [4.69, 9.17) is 4.74 Å². The van der Waals surface area contributed by atoms with Crippen molar-refractivity contribution in [3.05, 3.63) is 24.0 Å². The predicted molar refractivity (Wildman–Crippen MR) is 75.8 cm³/mol. The number of aromatic nitrogens is 1. The Morgan fingerprint density at radius 1 is 1.53 bits per heavy atom. The summed E-state index contributed by atoms with van der Waals surface area (Å²) in [5.41, 5.74) is 0.732. The van der Waals surface area contributed by atoms with Crippen LogP contribution < -0.4 is 4.72 Å². The Balaban J connectivity index is 2.98. The van der Waals surface area contributed by atoms with Gasteiger partial charge in [-0.15, -0.1) is 0 Å². The molecule has 1 rings (SSSR count). The molecule has 108 valence electrons. The maximum Gasteiger partial charge on any atom is 0.330 e.